The Bertz CT molecular complexity index is 2160. The molecule has 5 atom stereocenters. The number of rotatable bonds is 14. The zero-order chi connectivity index (χ0) is 42.9. The Balaban J connectivity index is 1.19. The molecule has 4 fully saturated rings. The van der Waals surface area contributed by atoms with Gasteiger partial charge in [0, 0.05) is 41.7 Å². The van der Waals surface area contributed by atoms with Crippen LogP contribution >= 0.6 is 11.3 Å². The lowest BCUT2D eigenvalue weighted by molar-refractivity contribution is -0.146. The molecule has 60 heavy (non-hydrogen) atoms. The Kier molecular flexibility index (Phi) is 12.4. The second-order valence-corrected chi connectivity index (χ2v) is 18.7. The lowest BCUT2D eigenvalue weighted by Gasteiger charge is -2.35. The van der Waals surface area contributed by atoms with Crippen LogP contribution in [0, 0.1) is 24.2 Å². The fourth-order valence-electron chi connectivity index (χ4n) is 8.87. The Morgan fingerprint density at radius 2 is 1.73 bits per heavy atom. The summed E-state index contributed by atoms with van der Waals surface area (Å²) in [6.07, 6.45) is 8.33. The van der Waals surface area contributed by atoms with Crippen molar-refractivity contribution in [1.29, 1.82) is 0 Å². The molecule has 3 heterocycles. The first-order valence-corrected chi connectivity index (χ1v) is 21.8. The van der Waals surface area contributed by atoms with Crippen LogP contribution in [-0.2, 0) is 23.9 Å². The zero-order valence-electron chi connectivity index (χ0n) is 35.0. The smallest absolute Gasteiger partial charge is 0.408 e. The van der Waals surface area contributed by atoms with Crippen molar-refractivity contribution in [2.24, 2.45) is 17.3 Å². The minimum atomic E-state index is -1.53. The summed E-state index contributed by atoms with van der Waals surface area (Å²) in [6, 6.07) is 3.23. The van der Waals surface area contributed by atoms with Crippen LogP contribution in [0.3, 0.4) is 0 Å². The van der Waals surface area contributed by atoms with Gasteiger partial charge in [-0.1, -0.05) is 39.7 Å². The van der Waals surface area contributed by atoms with E-state index in [1.165, 1.54) is 22.3 Å². The van der Waals surface area contributed by atoms with Gasteiger partial charge < -0.3 is 40.2 Å². The maximum Gasteiger partial charge on any atom is 0.408 e. The predicted molar refractivity (Wildman–Crippen MR) is 226 cm³/mol. The fourth-order valence-corrected chi connectivity index (χ4v) is 9.59. The number of aromatic nitrogens is 2. The average Bonchev–Trinajstić information content (AvgIpc) is 3.83. The Labute approximate surface area is 354 Å². The number of carboxylic acids is 1. The van der Waals surface area contributed by atoms with E-state index >= 15 is 0 Å². The fraction of sp³-hybridized carbons (Fsp3) is 0.568. The number of fused-ring (bicyclic) bond motifs is 1. The van der Waals surface area contributed by atoms with Crippen molar-refractivity contribution < 1.29 is 43.3 Å². The first kappa shape index (κ1) is 42.9. The number of hydrogen-bond donors (Lipinski definition) is 4. The molecular weight excluding hydrogens is 789 g/mol. The third-order valence-electron chi connectivity index (χ3n) is 12.4. The first-order chi connectivity index (χ1) is 28.6. The molecule has 15 nitrogen and oxygen atoms in total. The van der Waals surface area contributed by atoms with Gasteiger partial charge >= 0.3 is 12.1 Å². The van der Waals surface area contributed by atoms with E-state index in [1.54, 1.807) is 19.2 Å². The van der Waals surface area contributed by atoms with E-state index in [-0.39, 0.29) is 31.4 Å². The van der Waals surface area contributed by atoms with Crippen molar-refractivity contribution >= 4 is 57.2 Å². The molecule has 16 heteroatoms. The molecule has 1 aromatic carbocycles. The summed E-state index contributed by atoms with van der Waals surface area (Å²) >= 11 is 1.30. The molecule has 3 aromatic rings. The average molecular weight is 845 g/mol. The number of benzene rings is 1. The number of likely N-dealkylation sites (tertiary alicyclic amines) is 1. The van der Waals surface area contributed by atoms with E-state index in [9.17, 15) is 29.1 Å². The topological polar surface area (TPSA) is 198 Å². The first-order valence-electron chi connectivity index (χ1n) is 21.0. The number of nitrogens with zero attached hydrogens (tertiary/aromatic N) is 3. The zero-order valence-corrected chi connectivity index (χ0v) is 35.8. The molecule has 2 aromatic heterocycles. The van der Waals surface area contributed by atoms with Gasteiger partial charge in [0.05, 0.1) is 24.9 Å². The molecule has 7 rings (SSSR count). The highest BCUT2D eigenvalue weighted by atomic mass is 32.1. The monoisotopic (exact) mass is 844 g/mol. The Hall–Kier alpha value is -5.25. The number of hydrogen-bond acceptors (Lipinski definition) is 11. The van der Waals surface area contributed by atoms with Gasteiger partial charge in [-0.25, -0.2) is 19.6 Å². The van der Waals surface area contributed by atoms with Gasteiger partial charge in [-0.3, -0.25) is 14.4 Å². The number of aliphatic carboxylic acids is 1. The third-order valence-corrected chi connectivity index (χ3v) is 13.1. The van der Waals surface area contributed by atoms with Crippen LogP contribution < -0.4 is 25.4 Å². The summed E-state index contributed by atoms with van der Waals surface area (Å²) in [7, 11) is 1.58. The number of amides is 4. The summed E-state index contributed by atoms with van der Waals surface area (Å²) in [6.45, 7) is 11.0. The third kappa shape index (κ3) is 9.22. The van der Waals surface area contributed by atoms with Crippen LogP contribution in [0.5, 0.6) is 11.5 Å². The van der Waals surface area contributed by atoms with E-state index in [0.29, 0.717) is 51.3 Å². The van der Waals surface area contributed by atoms with Crippen LogP contribution in [0.1, 0.15) is 97.0 Å². The van der Waals surface area contributed by atoms with Crippen LogP contribution in [0.2, 0.25) is 0 Å². The predicted octanol–water partition coefficient (Wildman–Crippen LogP) is 6.77. The minimum absolute atomic E-state index is 0.0254. The molecular formula is C44H56N6O9S. The van der Waals surface area contributed by atoms with Crippen LogP contribution in [0.15, 0.2) is 36.2 Å². The van der Waals surface area contributed by atoms with Gasteiger partial charge in [-0.05, 0) is 74.8 Å². The lowest BCUT2D eigenvalue weighted by Crippen LogP contribution is -2.59. The van der Waals surface area contributed by atoms with Crippen LogP contribution in [-0.4, -0.2) is 93.2 Å². The van der Waals surface area contributed by atoms with Crippen molar-refractivity contribution in [3.8, 4) is 22.9 Å². The van der Waals surface area contributed by atoms with Gasteiger partial charge in [0.2, 0.25) is 17.7 Å². The number of pyridine rings is 1. The Morgan fingerprint density at radius 3 is 2.38 bits per heavy atom. The van der Waals surface area contributed by atoms with Gasteiger partial charge in [-0.15, -0.1) is 17.9 Å². The maximum atomic E-state index is 14.7. The van der Waals surface area contributed by atoms with E-state index in [0.717, 1.165) is 56.9 Å². The van der Waals surface area contributed by atoms with E-state index in [2.05, 4.69) is 22.5 Å². The molecule has 0 unspecified atom stereocenters. The quantitative estimate of drug-likeness (QED) is 0.125. The largest absolute Gasteiger partial charge is 0.496 e. The SMILES string of the molecule is C=C[C@@H]1C[C@]1(NC(=O)[C@@H]1C[C@@H](Oc2cc(-c3csc(NC(=O)CC4CCCC4)n3)nc3cc(OC)c(C)cc23)CN1C(=O)[C@@H](NC(=O)OC1CCCC1)C(C)(C)C)C(=O)O. The van der Waals surface area contributed by atoms with Gasteiger partial charge in [0.15, 0.2) is 5.13 Å². The second kappa shape index (κ2) is 17.4. The Morgan fingerprint density at radius 1 is 1.02 bits per heavy atom. The van der Waals surface area contributed by atoms with Gasteiger partial charge in [0.1, 0.15) is 47.0 Å². The number of anilines is 1. The number of alkyl carbamates (subject to hydrolysis) is 1. The number of aryl methyl sites for hydroxylation is 1. The number of carbonyl (C=O) groups excluding carboxylic acids is 4. The second-order valence-electron chi connectivity index (χ2n) is 17.8. The highest BCUT2D eigenvalue weighted by molar-refractivity contribution is 7.14. The van der Waals surface area contributed by atoms with Crippen molar-refractivity contribution in [1.82, 2.24) is 25.5 Å². The molecule has 322 valence electrons. The number of nitrogens with one attached hydrogen (secondary N) is 3. The highest BCUT2D eigenvalue weighted by Gasteiger charge is 2.61. The van der Waals surface area contributed by atoms with Gasteiger partial charge in [-0.2, -0.15) is 0 Å². The van der Waals surface area contributed by atoms with Crippen molar-refractivity contribution in [2.45, 2.75) is 128 Å². The normalized spacial score (nSPS) is 23.6. The highest BCUT2D eigenvalue weighted by Crippen LogP contribution is 2.45. The van der Waals surface area contributed by atoms with E-state index in [4.69, 9.17) is 24.2 Å². The molecule has 1 aliphatic heterocycles. The standard InChI is InChI=1S/C44H56N6O9S/c1-7-26-21-44(26,40(54)55)49-38(52)33-18-28(22-50(33)39(53)37(43(3,4)5)48-42(56)59-27-14-10-11-15-27)58-35-20-31(45-30-19-34(57-6)24(2)16-29(30)35)32-23-60-41(46-32)47-36(51)17-25-12-8-9-13-25/h7,16,19-20,23,25-28,33,37H,1,8-15,17-18,21-22H2,2-6H3,(H,48,56)(H,49,52)(H,54,55)(H,46,47,51)/t26-,28-,33+,37-,44-/m1/s1. The summed E-state index contributed by atoms with van der Waals surface area (Å²) < 4.78 is 18.1. The van der Waals surface area contributed by atoms with Crippen LogP contribution in [0.4, 0.5) is 9.93 Å². The molecule has 4 aliphatic rings. The molecule has 4 amide bonds. The number of ether oxygens (including phenoxy) is 3. The van der Waals surface area contributed by atoms with Crippen molar-refractivity contribution in [3.05, 3.63) is 41.8 Å². The molecule has 3 aliphatic carbocycles. The summed E-state index contributed by atoms with van der Waals surface area (Å²) in [5, 5.41) is 21.5. The molecule has 0 spiro atoms. The van der Waals surface area contributed by atoms with Crippen molar-refractivity contribution in [2.75, 3.05) is 19.0 Å². The number of carboxylic acid groups (broad SMARTS) is 1. The minimum Gasteiger partial charge on any atom is -0.496 e. The number of methoxy groups -OCH3 is 1. The van der Waals surface area contributed by atoms with Crippen LogP contribution in [0.25, 0.3) is 22.3 Å². The number of carbonyl (C=O) groups is 5. The van der Waals surface area contributed by atoms with E-state index in [1.807, 2.05) is 39.1 Å². The molecule has 4 N–H and O–H groups in total. The molecule has 0 radical (unpaired) electrons. The maximum absolute atomic E-state index is 14.7. The van der Waals surface area contributed by atoms with E-state index < -0.39 is 58.9 Å². The molecule has 1 saturated heterocycles. The molecule has 3 saturated carbocycles. The van der Waals surface area contributed by atoms with Gasteiger partial charge in [0.25, 0.3) is 0 Å². The summed E-state index contributed by atoms with van der Waals surface area (Å²) in [4.78, 5) is 78.3. The summed E-state index contributed by atoms with van der Waals surface area (Å²) in [5.74, 6) is -1.47. The van der Waals surface area contributed by atoms with Crippen molar-refractivity contribution in [3.63, 3.8) is 0 Å². The molecule has 0 bridgehead atoms. The number of thiazole rings is 1. The summed E-state index contributed by atoms with van der Waals surface area (Å²) in [5.41, 5.74) is 0.0420. The lowest BCUT2D eigenvalue weighted by atomic mass is 9.85.